The van der Waals surface area contributed by atoms with Crippen LogP contribution in [0.15, 0.2) is 12.1 Å². The quantitative estimate of drug-likeness (QED) is 0.772. The first kappa shape index (κ1) is 18.0. The molecule has 0 aliphatic heterocycles. The lowest BCUT2D eigenvalue weighted by Gasteiger charge is -2.19. The van der Waals surface area contributed by atoms with Crippen LogP contribution in [0.25, 0.3) is 0 Å². The third kappa shape index (κ3) is 6.47. The zero-order chi connectivity index (χ0) is 16.0. The molecule has 1 aromatic heterocycles. The molecular weight excluding hydrogens is 260 g/mol. The smallest absolute Gasteiger partial charge is 0.214 e. The summed E-state index contributed by atoms with van der Waals surface area (Å²) >= 11 is 0. The fourth-order valence-corrected chi connectivity index (χ4v) is 1.87. The Labute approximate surface area is 130 Å². The van der Waals surface area contributed by atoms with E-state index in [-0.39, 0.29) is 6.10 Å². The SMILES string of the molecule is CC(C)CNCc1cc(OC(C)C(C)C)nc(C(C)C)c1. The standard InChI is InChI=1S/C18H32N2O/c1-12(2)10-19-11-16-8-17(14(5)6)20-18(9-16)21-15(7)13(3)4/h8-9,12-15,19H,10-11H2,1-7H3. The Hall–Kier alpha value is -1.09. The van der Waals surface area contributed by atoms with Crippen LogP contribution in [0.4, 0.5) is 0 Å². The van der Waals surface area contributed by atoms with Gasteiger partial charge in [-0.1, -0.05) is 41.5 Å². The molecule has 1 aromatic rings. The Balaban J connectivity index is 2.84. The third-order valence-corrected chi connectivity index (χ3v) is 3.60. The average molecular weight is 292 g/mol. The minimum absolute atomic E-state index is 0.177. The number of nitrogens with zero attached hydrogens (tertiary/aromatic N) is 1. The summed E-state index contributed by atoms with van der Waals surface area (Å²) in [7, 11) is 0. The third-order valence-electron chi connectivity index (χ3n) is 3.60. The summed E-state index contributed by atoms with van der Waals surface area (Å²) in [5.74, 6) is 2.31. The Bertz CT molecular complexity index is 427. The highest BCUT2D eigenvalue weighted by Gasteiger charge is 2.12. The molecule has 0 fully saturated rings. The van der Waals surface area contributed by atoms with Crippen LogP contribution in [-0.4, -0.2) is 17.6 Å². The van der Waals surface area contributed by atoms with Crippen molar-refractivity contribution in [2.75, 3.05) is 6.54 Å². The van der Waals surface area contributed by atoms with Crippen molar-refractivity contribution < 1.29 is 4.74 Å². The largest absolute Gasteiger partial charge is 0.474 e. The zero-order valence-electron chi connectivity index (χ0n) is 14.7. The van der Waals surface area contributed by atoms with Crippen molar-refractivity contribution in [3.8, 4) is 5.88 Å². The Kier molecular flexibility index (Phi) is 7.16. The first-order valence-electron chi connectivity index (χ1n) is 8.17. The van der Waals surface area contributed by atoms with Gasteiger partial charge in [0.05, 0.1) is 6.10 Å². The molecule has 1 heterocycles. The van der Waals surface area contributed by atoms with Crippen molar-refractivity contribution in [2.45, 2.75) is 67.0 Å². The summed E-state index contributed by atoms with van der Waals surface area (Å²) in [5.41, 5.74) is 2.35. The maximum Gasteiger partial charge on any atom is 0.214 e. The number of aromatic nitrogens is 1. The van der Waals surface area contributed by atoms with E-state index in [1.807, 2.05) is 0 Å². The summed E-state index contributed by atoms with van der Waals surface area (Å²) in [4.78, 5) is 4.65. The molecule has 21 heavy (non-hydrogen) atoms. The Morgan fingerprint density at radius 3 is 2.24 bits per heavy atom. The molecule has 3 heteroatoms. The second-order valence-corrected chi connectivity index (χ2v) is 6.98. The molecule has 0 aliphatic carbocycles. The highest BCUT2D eigenvalue weighted by atomic mass is 16.5. The van der Waals surface area contributed by atoms with Gasteiger partial charge in [-0.3, -0.25) is 0 Å². The molecule has 1 unspecified atom stereocenters. The molecule has 1 atom stereocenters. The van der Waals surface area contributed by atoms with Crippen LogP contribution < -0.4 is 10.1 Å². The van der Waals surface area contributed by atoms with Gasteiger partial charge in [0.25, 0.3) is 0 Å². The lowest BCUT2D eigenvalue weighted by molar-refractivity contribution is 0.162. The van der Waals surface area contributed by atoms with E-state index in [1.165, 1.54) is 5.56 Å². The van der Waals surface area contributed by atoms with E-state index < -0.39 is 0 Å². The van der Waals surface area contributed by atoms with E-state index in [0.717, 1.165) is 24.7 Å². The molecule has 1 N–H and O–H groups in total. The van der Waals surface area contributed by atoms with Gasteiger partial charge in [0.2, 0.25) is 5.88 Å². The van der Waals surface area contributed by atoms with Crippen molar-refractivity contribution >= 4 is 0 Å². The molecule has 0 bridgehead atoms. The molecule has 0 amide bonds. The van der Waals surface area contributed by atoms with Crippen LogP contribution in [0.1, 0.15) is 65.6 Å². The van der Waals surface area contributed by atoms with Gasteiger partial charge < -0.3 is 10.1 Å². The van der Waals surface area contributed by atoms with Gasteiger partial charge in [-0.2, -0.15) is 0 Å². The van der Waals surface area contributed by atoms with E-state index in [0.29, 0.717) is 17.8 Å². The summed E-state index contributed by atoms with van der Waals surface area (Å²) in [5, 5.41) is 3.49. The fourth-order valence-electron chi connectivity index (χ4n) is 1.87. The highest BCUT2D eigenvalue weighted by Crippen LogP contribution is 2.21. The summed E-state index contributed by atoms with van der Waals surface area (Å²) in [6, 6.07) is 4.25. The van der Waals surface area contributed by atoms with E-state index in [9.17, 15) is 0 Å². The molecule has 0 spiro atoms. The summed E-state index contributed by atoms with van der Waals surface area (Å²) in [6.07, 6.45) is 0.177. The second kappa shape index (κ2) is 8.38. The molecule has 0 aliphatic rings. The predicted octanol–water partition coefficient (Wildman–Crippen LogP) is 4.37. The number of nitrogens with one attached hydrogen (secondary N) is 1. The Morgan fingerprint density at radius 2 is 1.71 bits per heavy atom. The maximum absolute atomic E-state index is 6.00. The van der Waals surface area contributed by atoms with Crippen molar-refractivity contribution in [1.82, 2.24) is 10.3 Å². The predicted molar refractivity (Wildman–Crippen MR) is 89.8 cm³/mol. The molecule has 0 radical (unpaired) electrons. The molecule has 0 saturated heterocycles. The van der Waals surface area contributed by atoms with Crippen LogP contribution in [-0.2, 0) is 6.54 Å². The lowest BCUT2D eigenvalue weighted by atomic mass is 10.1. The molecular formula is C18H32N2O. The van der Waals surface area contributed by atoms with Gasteiger partial charge in [0.15, 0.2) is 0 Å². The van der Waals surface area contributed by atoms with Crippen LogP contribution in [0.3, 0.4) is 0 Å². The summed E-state index contributed by atoms with van der Waals surface area (Å²) < 4.78 is 6.00. The number of ether oxygens (including phenoxy) is 1. The van der Waals surface area contributed by atoms with Crippen molar-refractivity contribution in [1.29, 1.82) is 0 Å². The highest BCUT2D eigenvalue weighted by molar-refractivity contribution is 5.27. The monoisotopic (exact) mass is 292 g/mol. The van der Waals surface area contributed by atoms with E-state index in [2.05, 4.69) is 70.9 Å². The lowest BCUT2D eigenvalue weighted by Crippen LogP contribution is -2.21. The van der Waals surface area contributed by atoms with Gasteiger partial charge in [0, 0.05) is 18.3 Å². The van der Waals surface area contributed by atoms with Crippen LogP contribution in [0, 0.1) is 11.8 Å². The first-order valence-corrected chi connectivity index (χ1v) is 8.17. The second-order valence-electron chi connectivity index (χ2n) is 6.98. The number of rotatable bonds is 8. The molecule has 1 rings (SSSR count). The van der Waals surface area contributed by atoms with E-state index in [4.69, 9.17) is 4.74 Å². The van der Waals surface area contributed by atoms with Crippen LogP contribution >= 0.6 is 0 Å². The number of hydrogen-bond donors (Lipinski definition) is 1. The minimum Gasteiger partial charge on any atom is -0.474 e. The average Bonchev–Trinajstić information content (AvgIpc) is 2.37. The van der Waals surface area contributed by atoms with Gasteiger partial charge in [-0.25, -0.2) is 4.98 Å². The minimum atomic E-state index is 0.177. The first-order chi connectivity index (χ1) is 9.79. The number of hydrogen-bond acceptors (Lipinski definition) is 3. The fraction of sp³-hybridized carbons (Fsp3) is 0.722. The van der Waals surface area contributed by atoms with Crippen molar-refractivity contribution in [2.24, 2.45) is 11.8 Å². The zero-order valence-corrected chi connectivity index (χ0v) is 14.7. The normalized spacial score (nSPS) is 13.2. The molecule has 3 nitrogen and oxygen atoms in total. The molecule has 0 saturated carbocycles. The Morgan fingerprint density at radius 1 is 1.05 bits per heavy atom. The molecule has 120 valence electrons. The molecule has 0 aromatic carbocycles. The topological polar surface area (TPSA) is 34.1 Å². The van der Waals surface area contributed by atoms with Crippen LogP contribution in [0.5, 0.6) is 5.88 Å². The number of pyridine rings is 1. The van der Waals surface area contributed by atoms with Gasteiger partial charge in [-0.05, 0) is 42.9 Å². The van der Waals surface area contributed by atoms with E-state index >= 15 is 0 Å². The van der Waals surface area contributed by atoms with Crippen molar-refractivity contribution in [3.05, 3.63) is 23.4 Å². The maximum atomic E-state index is 6.00. The van der Waals surface area contributed by atoms with Gasteiger partial charge >= 0.3 is 0 Å². The van der Waals surface area contributed by atoms with Gasteiger partial charge in [-0.15, -0.1) is 0 Å². The van der Waals surface area contributed by atoms with Crippen LogP contribution in [0.2, 0.25) is 0 Å². The van der Waals surface area contributed by atoms with Gasteiger partial charge in [0.1, 0.15) is 0 Å². The van der Waals surface area contributed by atoms with Crippen molar-refractivity contribution in [3.63, 3.8) is 0 Å². The summed E-state index contributed by atoms with van der Waals surface area (Å²) in [6.45, 7) is 17.1. The van der Waals surface area contributed by atoms with E-state index in [1.54, 1.807) is 0 Å².